The number of hydrazine groups is 1. The van der Waals surface area contributed by atoms with E-state index in [0.717, 1.165) is 0 Å². The molecule has 0 saturated carbocycles. The number of anilines is 1. The minimum absolute atomic E-state index is 0.0796. The molecule has 3 N–H and O–H groups in total. The molecule has 1 aliphatic heterocycles. The fraction of sp³-hybridized carbons (Fsp3) is 0.417. The molecule has 1 heterocycles. The number of hydrogen-bond acceptors (Lipinski definition) is 5. The van der Waals surface area contributed by atoms with Crippen LogP contribution in [-0.2, 0) is 9.84 Å². The van der Waals surface area contributed by atoms with Gasteiger partial charge in [0, 0.05) is 12.6 Å². The van der Waals surface area contributed by atoms with E-state index in [0.29, 0.717) is 0 Å². The van der Waals surface area contributed by atoms with Crippen LogP contribution in [0, 0.1) is 5.82 Å². The van der Waals surface area contributed by atoms with Crippen LogP contribution in [0.2, 0.25) is 0 Å². The van der Waals surface area contributed by atoms with E-state index >= 15 is 0 Å². The molecule has 1 saturated heterocycles. The lowest BCUT2D eigenvalue weighted by Crippen LogP contribution is -2.49. The molecular weight excluding hydrogens is 285 g/mol. The van der Waals surface area contributed by atoms with Gasteiger partial charge in [0.2, 0.25) is 0 Å². The number of nitrogens with two attached hydrogens (primary N) is 1. The van der Waals surface area contributed by atoms with E-state index in [9.17, 15) is 17.6 Å². The Hall–Kier alpha value is -1.67. The molecule has 1 amide bonds. The van der Waals surface area contributed by atoms with Crippen LogP contribution in [0.1, 0.15) is 17.3 Å². The third-order valence-corrected chi connectivity index (χ3v) is 5.11. The summed E-state index contributed by atoms with van der Waals surface area (Å²) in [4.78, 5) is 13.8. The van der Waals surface area contributed by atoms with E-state index in [1.54, 1.807) is 6.92 Å². The summed E-state index contributed by atoms with van der Waals surface area (Å²) in [5.41, 5.74) is 2.19. The van der Waals surface area contributed by atoms with E-state index in [1.165, 1.54) is 23.1 Å². The summed E-state index contributed by atoms with van der Waals surface area (Å²) in [7, 11) is -3.11. The second-order valence-electron chi connectivity index (χ2n) is 4.77. The van der Waals surface area contributed by atoms with Crippen LogP contribution >= 0.6 is 0 Å². The molecule has 0 aliphatic carbocycles. The highest BCUT2D eigenvalue weighted by atomic mass is 32.2. The van der Waals surface area contributed by atoms with Crippen molar-refractivity contribution in [3.63, 3.8) is 0 Å². The number of nitrogens with one attached hydrogen (secondary N) is 1. The topological polar surface area (TPSA) is 92.5 Å². The second kappa shape index (κ2) is 5.37. The van der Waals surface area contributed by atoms with Gasteiger partial charge in [-0.25, -0.2) is 12.8 Å². The Morgan fingerprint density at radius 1 is 1.50 bits per heavy atom. The predicted molar refractivity (Wildman–Crippen MR) is 73.4 cm³/mol. The number of benzene rings is 1. The van der Waals surface area contributed by atoms with Crippen molar-refractivity contribution in [1.29, 1.82) is 0 Å². The quantitative estimate of drug-likeness (QED) is 0.608. The van der Waals surface area contributed by atoms with Crippen LogP contribution in [0.5, 0.6) is 0 Å². The zero-order valence-corrected chi connectivity index (χ0v) is 11.8. The van der Waals surface area contributed by atoms with Crippen molar-refractivity contribution in [2.24, 2.45) is 5.84 Å². The van der Waals surface area contributed by atoms with Gasteiger partial charge in [0.25, 0.3) is 5.91 Å². The molecule has 1 unspecified atom stereocenters. The maximum absolute atomic E-state index is 13.6. The maximum Gasteiger partial charge on any atom is 0.256 e. The zero-order chi connectivity index (χ0) is 14.9. The van der Waals surface area contributed by atoms with E-state index in [-0.39, 0.29) is 29.3 Å². The minimum atomic E-state index is -3.11. The van der Waals surface area contributed by atoms with Crippen molar-refractivity contribution in [1.82, 2.24) is 4.90 Å². The van der Waals surface area contributed by atoms with Crippen LogP contribution in [0.15, 0.2) is 18.2 Å². The molecule has 6 nitrogen and oxygen atoms in total. The Balaban J connectivity index is 2.31. The van der Waals surface area contributed by atoms with Crippen molar-refractivity contribution < 1.29 is 17.6 Å². The number of rotatable bonds is 2. The molecule has 1 atom stereocenters. The van der Waals surface area contributed by atoms with Gasteiger partial charge in [0.1, 0.15) is 5.82 Å². The van der Waals surface area contributed by atoms with Gasteiger partial charge in [0.05, 0.1) is 22.8 Å². The maximum atomic E-state index is 13.6. The summed E-state index contributed by atoms with van der Waals surface area (Å²) < 4.78 is 36.6. The fourth-order valence-corrected chi connectivity index (χ4v) is 3.86. The van der Waals surface area contributed by atoms with Gasteiger partial charge in [-0.1, -0.05) is 6.07 Å². The normalized spacial score (nSPS) is 21.6. The van der Waals surface area contributed by atoms with Crippen LogP contribution in [0.4, 0.5) is 10.1 Å². The number of para-hydroxylation sites is 1. The van der Waals surface area contributed by atoms with Crippen molar-refractivity contribution in [3.8, 4) is 0 Å². The van der Waals surface area contributed by atoms with Crippen LogP contribution in [-0.4, -0.2) is 43.3 Å². The molecule has 0 aromatic heterocycles. The summed E-state index contributed by atoms with van der Waals surface area (Å²) in [5, 5.41) is 0. The lowest BCUT2D eigenvalue weighted by molar-refractivity contribution is 0.0713. The number of amides is 1. The number of nitrogens with zero attached hydrogens (tertiary/aromatic N) is 1. The molecule has 8 heteroatoms. The number of carbonyl (C=O) groups excluding carboxylic acids is 1. The van der Waals surface area contributed by atoms with Crippen molar-refractivity contribution in [2.75, 3.05) is 23.5 Å². The van der Waals surface area contributed by atoms with E-state index in [4.69, 9.17) is 5.84 Å². The highest BCUT2D eigenvalue weighted by Gasteiger charge is 2.32. The number of halogens is 1. The first-order chi connectivity index (χ1) is 9.35. The van der Waals surface area contributed by atoms with Gasteiger partial charge in [-0.05, 0) is 19.1 Å². The van der Waals surface area contributed by atoms with E-state index in [2.05, 4.69) is 5.43 Å². The highest BCUT2D eigenvalue weighted by Crippen LogP contribution is 2.23. The molecule has 0 bridgehead atoms. The van der Waals surface area contributed by atoms with Crippen molar-refractivity contribution in [3.05, 3.63) is 29.6 Å². The second-order valence-corrected chi connectivity index (χ2v) is 7.00. The van der Waals surface area contributed by atoms with Crippen LogP contribution < -0.4 is 11.3 Å². The Kier molecular flexibility index (Phi) is 3.96. The SMILES string of the molecule is CC1CS(=O)(=O)CCN1C(=O)c1cccc(F)c1NN. The van der Waals surface area contributed by atoms with Gasteiger partial charge in [-0.2, -0.15) is 0 Å². The third kappa shape index (κ3) is 2.75. The van der Waals surface area contributed by atoms with Gasteiger partial charge in [-0.15, -0.1) is 0 Å². The van der Waals surface area contributed by atoms with Gasteiger partial charge in [-0.3, -0.25) is 10.6 Å². The molecule has 110 valence electrons. The minimum Gasteiger partial charge on any atom is -0.334 e. The van der Waals surface area contributed by atoms with Gasteiger partial charge >= 0.3 is 0 Å². The average Bonchev–Trinajstić information content (AvgIpc) is 2.36. The summed E-state index contributed by atoms with van der Waals surface area (Å²) in [6.45, 7) is 1.76. The van der Waals surface area contributed by atoms with Crippen molar-refractivity contribution >= 4 is 21.4 Å². The summed E-state index contributed by atoms with van der Waals surface area (Å²) in [6.07, 6.45) is 0. The first-order valence-corrected chi connectivity index (χ1v) is 7.94. The molecular formula is C12H16FN3O3S. The van der Waals surface area contributed by atoms with Crippen LogP contribution in [0.25, 0.3) is 0 Å². The Bertz CT molecular complexity index is 633. The summed E-state index contributed by atoms with van der Waals surface area (Å²) >= 11 is 0. The molecule has 0 radical (unpaired) electrons. The molecule has 1 fully saturated rings. The molecule has 2 rings (SSSR count). The van der Waals surface area contributed by atoms with Gasteiger partial charge in [0.15, 0.2) is 9.84 Å². The average molecular weight is 301 g/mol. The molecule has 1 aliphatic rings. The lowest BCUT2D eigenvalue weighted by Gasteiger charge is -2.33. The van der Waals surface area contributed by atoms with E-state index in [1.807, 2.05) is 0 Å². The van der Waals surface area contributed by atoms with Crippen LogP contribution in [0.3, 0.4) is 0 Å². The fourth-order valence-electron chi connectivity index (χ4n) is 2.30. The third-order valence-electron chi connectivity index (χ3n) is 3.32. The number of sulfone groups is 1. The van der Waals surface area contributed by atoms with Gasteiger partial charge < -0.3 is 10.3 Å². The molecule has 1 aromatic rings. The number of hydrogen-bond donors (Lipinski definition) is 2. The standard InChI is InChI=1S/C12H16FN3O3S/c1-8-7-20(18,19)6-5-16(8)12(17)9-3-2-4-10(13)11(9)15-14/h2-4,8,15H,5-7,14H2,1H3. The Morgan fingerprint density at radius 3 is 2.80 bits per heavy atom. The molecule has 20 heavy (non-hydrogen) atoms. The van der Waals surface area contributed by atoms with Crippen molar-refractivity contribution in [2.45, 2.75) is 13.0 Å². The smallest absolute Gasteiger partial charge is 0.256 e. The zero-order valence-electron chi connectivity index (χ0n) is 11.0. The monoisotopic (exact) mass is 301 g/mol. The Morgan fingerprint density at radius 2 is 2.20 bits per heavy atom. The van der Waals surface area contributed by atoms with E-state index < -0.39 is 27.6 Å². The Labute approximate surface area is 116 Å². The first kappa shape index (κ1) is 14.7. The number of nitrogen functional groups attached to an aromatic ring is 1. The largest absolute Gasteiger partial charge is 0.334 e. The highest BCUT2D eigenvalue weighted by molar-refractivity contribution is 7.91. The first-order valence-electron chi connectivity index (χ1n) is 6.12. The summed E-state index contributed by atoms with van der Waals surface area (Å²) in [5.74, 6) is 4.02. The predicted octanol–water partition coefficient (Wildman–Crippen LogP) is 0.370. The summed E-state index contributed by atoms with van der Waals surface area (Å²) in [6, 6.07) is 3.61. The number of carbonyl (C=O) groups is 1. The molecule has 1 aromatic carbocycles. The lowest BCUT2D eigenvalue weighted by atomic mass is 10.1. The molecule has 0 spiro atoms.